The number of fused-ring (bicyclic) bond motifs is 1. The van der Waals surface area contributed by atoms with Crippen LogP contribution in [-0.4, -0.2) is 59.5 Å². The van der Waals surface area contributed by atoms with Gasteiger partial charge in [0, 0.05) is 0 Å². The molecule has 0 aromatic carbocycles. The lowest BCUT2D eigenvalue weighted by Crippen LogP contribution is -2.33. The Morgan fingerprint density at radius 1 is 1.39 bits per heavy atom. The Hall–Kier alpha value is -1.24. The van der Waals surface area contributed by atoms with Gasteiger partial charge in [-0.25, -0.2) is 15.0 Å². The maximum atomic E-state index is 11.0. The lowest BCUT2D eigenvalue weighted by Gasteiger charge is -2.23. The summed E-state index contributed by atoms with van der Waals surface area (Å²) < 4.78 is 11.4. The first-order valence-electron chi connectivity index (χ1n) is 6.41. The molecule has 5 atom stereocenters. The summed E-state index contributed by atoms with van der Waals surface area (Å²) in [5, 5.41) is 20.1. The molecule has 5 N–H and O–H groups in total. The molecule has 126 valence electrons. The largest absolute Gasteiger partial charge is 0.780 e. The van der Waals surface area contributed by atoms with Crippen molar-refractivity contribution in [2.45, 2.75) is 24.5 Å². The first-order valence-corrected chi connectivity index (χ1v) is 9.00. The van der Waals surface area contributed by atoms with Crippen LogP contribution in [0.5, 0.6) is 0 Å². The molecule has 0 aliphatic carbocycles. The number of nitrogens with zero attached hydrogens (tertiary/aromatic N) is 4. The van der Waals surface area contributed by atoms with E-state index in [9.17, 15) is 15.1 Å². The molecule has 3 rings (SSSR count). The normalized spacial score (nSPS) is 30.6. The molecule has 0 spiro atoms. The highest BCUT2D eigenvalue weighted by molar-refractivity contribution is 8.06. The molecule has 0 saturated carbocycles. The molecule has 3 heterocycles. The number of rotatable bonds is 4. The molecule has 0 radical (unpaired) electrons. The SMILES string of the molecule is Nc1ncnc2c1ncn2[C@@H]1O[C@H](COP([O-])(O)=S)[C@@H](O)[C@H]1O. The van der Waals surface area contributed by atoms with Crippen molar-refractivity contribution >= 4 is 35.5 Å². The van der Waals surface area contributed by atoms with E-state index in [1.54, 1.807) is 0 Å². The van der Waals surface area contributed by atoms with Gasteiger partial charge in [-0.2, -0.15) is 0 Å². The molecule has 1 unspecified atom stereocenters. The predicted molar refractivity (Wildman–Crippen MR) is 78.1 cm³/mol. The van der Waals surface area contributed by atoms with Crippen molar-refractivity contribution in [1.29, 1.82) is 0 Å². The van der Waals surface area contributed by atoms with Gasteiger partial charge in [-0.05, 0) is 0 Å². The molecular weight excluding hydrogens is 349 g/mol. The van der Waals surface area contributed by atoms with Crippen molar-refractivity contribution in [3.8, 4) is 0 Å². The minimum Gasteiger partial charge on any atom is -0.780 e. The van der Waals surface area contributed by atoms with E-state index < -0.39 is 37.9 Å². The second-order valence-corrected chi connectivity index (χ2v) is 7.47. The van der Waals surface area contributed by atoms with E-state index in [1.807, 2.05) is 0 Å². The highest BCUT2D eigenvalue weighted by atomic mass is 32.5. The minimum absolute atomic E-state index is 0.161. The first-order chi connectivity index (χ1) is 10.8. The van der Waals surface area contributed by atoms with E-state index in [1.165, 1.54) is 17.2 Å². The van der Waals surface area contributed by atoms with E-state index in [-0.39, 0.29) is 5.82 Å². The predicted octanol–water partition coefficient (Wildman–Crippen LogP) is -2.38. The summed E-state index contributed by atoms with van der Waals surface area (Å²) >= 11 is 4.22. The molecule has 1 aliphatic rings. The van der Waals surface area contributed by atoms with Crippen LogP contribution < -0.4 is 10.6 Å². The molecule has 0 amide bonds. The molecule has 11 nitrogen and oxygen atoms in total. The molecule has 13 heteroatoms. The molecule has 23 heavy (non-hydrogen) atoms. The molecular formula is C10H13N5O6PS-. The molecule has 1 fully saturated rings. The summed E-state index contributed by atoms with van der Waals surface area (Å²) in [5.74, 6) is 0.161. The number of imidazole rings is 1. The van der Waals surface area contributed by atoms with Crippen LogP contribution >= 0.6 is 6.72 Å². The fourth-order valence-electron chi connectivity index (χ4n) is 2.32. The van der Waals surface area contributed by atoms with Gasteiger partial charge in [0.1, 0.15) is 36.9 Å². The summed E-state index contributed by atoms with van der Waals surface area (Å²) in [5.41, 5.74) is 6.32. The summed E-state index contributed by atoms with van der Waals surface area (Å²) in [6.07, 6.45) is -2.19. The van der Waals surface area contributed by atoms with Gasteiger partial charge in [-0.15, -0.1) is 0 Å². The Morgan fingerprint density at radius 2 is 2.13 bits per heavy atom. The number of hydrogen-bond acceptors (Lipinski definition) is 10. The molecule has 2 aromatic rings. The summed E-state index contributed by atoms with van der Waals surface area (Å²) in [6, 6.07) is 0. The Balaban J connectivity index is 1.85. The number of nitrogen functional groups attached to an aromatic ring is 1. The third-order valence-corrected chi connectivity index (χ3v) is 4.19. The van der Waals surface area contributed by atoms with Crippen LogP contribution in [0.4, 0.5) is 5.82 Å². The van der Waals surface area contributed by atoms with Crippen LogP contribution in [0.2, 0.25) is 0 Å². The van der Waals surface area contributed by atoms with Crippen molar-refractivity contribution < 1.29 is 29.3 Å². The van der Waals surface area contributed by atoms with E-state index >= 15 is 0 Å². The average molecular weight is 362 g/mol. The monoisotopic (exact) mass is 362 g/mol. The Kier molecular flexibility index (Phi) is 4.33. The van der Waals surface area contributed by atoms with Crippen molar-refractivity contribution in [3.63, 3.8) is 0 Å². The van der Waals surface area contributed by atoms with Crippen LogP contribution in [0.3, 0.4) is 0 Å². The van der Waals surface area contributed by atoms with E-state index in [4.69, 9.17) is 15.4 Å². The van der Waals surface area contributed by atoms with Crippen LogP contribution in [0.1, 0.15) is 6.23 Å². The molecule has 1 aliphatic heterocycles. The number of nitrogens with two attached hydrogens (primary N) is 1. The Labute approximate surface area is 134 Å². The number of hydrogen-bond donors (Lipinski definition) is 4. The zero-order valence-corrected chi connectivity index (χ0v) is 13.2. The quantitative estimate of drug-likeness (QED) is 0.428. The lowest BCUT2D eigenvalue weighted by atomic mass is 10.1. The first kappa shape index (κ1) is 16.6. The third kappa shape index (κ3) is 3.20. The van der Waals surface area contributed by atoms with Gasteiger partial charge in [-0.3, -0.25) is 4.57 Å². The number of aliphatic hydroxyl groups excluding tert-OH is 2. The van der Waals surface area contributed by atoms with Crippen molar-refractivity contribution in [2.75, 3.05) is 12.3 Å². The molecule has 2 aromatic heterocycles. The summed E-state index contributed by atoms with van der Waals surface area (Å²) in [6.45, 7) is -4.58. The molecule has 1 saturated heterocycles. The zero-order chi connectivity index (χ0) is 16.8. The van der Waals surface area contributed by atoms with Crippen LogP contribution in [0.15, 0.2) is 12.7 Å². The van der Waals surface area contributed by atoms with Gasteiger partial charge in [0.25, 0.3) is 0 Å². The van der Waals surface area contributed by atoms with Crippen LogP contribution in [-0.2, 0) is 21.1 Å². The maximum Gasteiger partial charge on any atom is 0.167 e. The van der Waals surface area contributed by atoms with Crippen molar-refractivity contribution in [1.82, 2.24) is 19.5 Å². The van der Waals surface area contributed by atoms with Crippen LogP contribution in [0, 0.1) is 0 Å². The summed E-state index contributed by atoms with van der Waals surface area (Å²) in [7, 11) is 0. The second kappa shape index (κ2) is 6.00. The fraction of sp³-hybridized carbons (Fsp3) is 0.500. The van der Waals surface area contributed by atoms with Gasteiger partial charge in [0.15, 0.2) is 17.7 Å². The number of ether oxygens (including phenoxy) is 1. The number of aliphatic hydroxyl groups is 2. The van der Waals surface area contributed by atoms with E-state index in [0.29, 0.717) is 11.2 Å². The molecule has 0 bridgehead atoms. The van der Waals surface area contributed by atoms with E-state index in [0.717, 1.165) is 0 Å². The second-order valence-electron chi connectivity index (χ2n) is 4.89. The average Bonchev–Trinajstić information content (AvgIpc) is 3.01. The van der Waals surface area contributed by atoms with Gasteiger partial charge in [0.2, 0.25) is 0 Å². The van der Waals surface area contributed by atoms with Gasteiger partial charge in [-0.1, -0.05) is 11.8 Å². The van der Waals surface area contributed by atoms with Crippen LogP contribution in [0.25, 0.3) is 11.2 Å². The minimum atomic E-state index is -4.14. The number of anilines is 1. The van der Waals surface area contributed by atoms with E-state index in [2.05, 4.69) is 31.3 Å². The standard InChI is InChI=1S/C10H14N5O6PS/c11-8-5-9(13-2-12-8)15(3-14-5)10-7(17)6(16)4(21-10)1-20-22(18,19)23/h2-4,6-7,10,16-17H,1H2,(H2,11,12,13)(H2,18,19,23)/p-1/t4-,6-,7-,10-/m1/s1. The Morgan fingerprint density at radius 3 is 2.83 bits per heavy atom. The third-order valence-electron chi connectivity index (χ3n) is 3.40. The summed E-state index contributed by atoms with van der Waals surface area (Å²) in [4.78, 5) is 31.8. The van der Waals surface area contributed by atoms with Gasteiger partial charge < -0.3 is 35.0 Å². The number of aromatic nitrogens is 4. The lowest BCUT2D eigenvalue weighted by molar-refractivity contribution is -0.204. The highest BCUT2D eigenvalue weighted by Crippen LogP contribution is 2.36. The highest BCUT2D eigenvalue weighted by Gasteiger charge is 2.44. The van der Waals surface area contributed by atoms with Crippen molar-refractivity contribution in [3.05, 3.63) is 12.7 Å². The smallest absolute Gasteiger partial charge is 0.167 e. The Bertz CT molecular complexity index is 767. The fourth-order valence-corrected chi connectivity index (χ4v) is 2.84. The zero-order valence-electron chi connectivity index (χ0n) is 11.5. The maximum absolute atomic E-state index is 11.0. The topological polar surface area (TPSA) is 172 Å². The van der Waals surface area contributed by atoms with Crippen molar-refractivity contribution in [2.24, 2.45) is 0 Å². The van der Waals surface area contributed by atoms with Gasteiger partial charge >= 0.3 is 0 Å². The van der Waals surface area contributed by atoms with Gasteiger partial charge in [0.05, 0.1) is 12.9 Å².